The van der Waals surface area contributed by atoms with Crippen LogP contribution in [0.4, 0.5) is 5.69 Å². The van der Waals surface area contributed by atoms with Crippen molar-refractivity contribution in [2.45, 2.75) is 0 Å². The molecule has 3 aromatic rings. The molecule has 0 fully saturated rings. The van der Waals surface area contributed by atoms with Gasteiger partial charge in [-0.2, -0.15) is 4.98 Å². The molecule has 2 heterocycles. The average molecular weight is 281 g/mol. The van der Waals surface area contributed by atoms with Crippen LogP contribution in [-0.2, 0) is 0 Å². The molecular formula is C15H11N3O3. The number of anilines is 1. The summed E-state index contributed by atoms with van der Waals surface area (Å²) in [6.07, 6.45) is 0. The Kier molecular flexibility index (Phi) is 2.53. The molecule has 0 saturated carbocycles. The van der Waals surface area contributed by atoms with E-state index in [1.807, 2.05) is 36.4 Å². The Morgan fingerprint density at radius 1 is 1.00 bits per heavy atom. The number of rotatable bonds is 2. The summed E-state index contributed by atoms with van der Waals surface area (Å²) in [7, 11) is 0. The SMILES string of the molecule is Nc1ccccc1-c1noc(-c2ccc3c(c2)OCO3)n1. The number of hydrogen-bond acceptors (Lipinski definition) is 6. The van der Waals surface area contributed by atoms with E-state index in [0.29, 0.717) is 28.9 Å². The molecule has 1 aliphatic rings. The molecule has 6 nitrogen and oxygen atoms in total. The van der Waals surface area contributed by atoms with Crippen LogP contribution in [0.5, 0.6) is 11.5 Å². The van der Waals surface area contributed by atoms with Gasteiger partial charge in [0, 0.05) is 16.8 Å². The van der Waals surface area contributed by atoms with Crippen LogP contribution in [0.15, 0.2) is 47.0 Å². The first kappa shape index (κ1) is 11.8. The fraction of sp³-hybridized carbons (Fsp3) is 0.0667. The third-order valence-corrected chi connectivity index (χ3v) is 3.25. The quantitative estimate of drug-likeness (QED) is 0.727. The zero-order valence-corrected chi connectivity index (χ0v) is 10.9. The van der Waals surface area contributed by atoms with Gasteiger partial charge in [0.15, 0.2) is 11.5 Å². The fourth-order valence-corrected chi connectivity index (χ4v) is 2.18. The maximum Gasteiger partial charge on any atom is 0.258 e. The minimum Gasteiger partial charge on any atom is -0.454 e. The molecule has 21 heavy (non-hydrogen) atoms. The second kappa shape index (κ2) is 4.52. The van der Waals surface area contributed by atoms with Crippen LogP contribution in [0.25, 0.3) is 22.8 Å². The van der Waals surface area contributed by atoms with Crippen LogP contribution < -0.4 is 15.2 Å². The zero-order chi connectivity index (χ0) is 14.2. The summed E-state index contributed by atoms with van der Waals surface area (Å²) in [5.41, 5.74) is 8.04. The third kappa shape index (κ3) is 1.97. The summed E-state index contributed by atoms with van der Waals surface area (Å²) in [5, 5.41) is 3.98. The van der Waals surface area contributed by atoms with Gasteiger partial charge < -0.3 is 19.7 Å². The molecule has 0 amide bonds. The smallest absolute Gasteiger partial charge is 0.258 e. The van der Waals surface area contributed by atoms with Crippen molar-refractivity contribution in [1.29, 1.82) is 0 Å². The van der Waals surface area contributed by atoms with E-state index < -0.39 is 0 Å². The molecule has 0 aliphatic carbocycles. The Bertz CT molecular complexity index is 813. The van der Waals surface area contributed by atoms with Gasteiger partial charge in [0.05, 0.1) is 0 Å². The molecule has 1 aromatic heterocycles. The highest BCUT2D eigenvalue weighted by molar-refractivity contribution is 5.72. The first-order valence-electron chi connectivity index (χ1n) is 6.40. The van der Waals surface area contributed by atoms with Crippen LogP contribution in [0.2, 0.25) is 0 Å². The molecule has 0 bridgehead atoms. The summed E-state index contributed by atoms with van der Waals surface area (Å²) in [4.78, 5) is 4.38. The molecule has 2 aromatic carbocycles. The maximum absolute atomic E-state index is 5.92. The van der Waals surface area contributed by atoms with Gasteiger partial charge in [-0.1, -0.05) is 17.3 Å². The lowest BCUT2D eigenvalue weighted by Crippen LogP contribution is -1.92. The van der Waals surface area contributed by atoms with Crippen LogP contribution in [0.1, 0.15) is 0 Å². The van der Waals surface area contributed by atoms with E-state index in [0.717, 1.165) is 11.1 Å². The van der Waals surface area contributed by atoms with E-state index in [4.69, 9.17) is 19.7 Å². The molecule has 2 N–H and O–H groups in total. The molecule has 0 radical (unpaired) electrons. The molecule has 0 saturated heterocycles. The van der Waals surface area contributed by atoms with Crippen LogP contribution >= 0.6 is 0 Å². The van der Waals surface area contributed by atoms with Crippen molar-refractivity contribution in [2.75, 3.05) is 12.5 Å². The minimum atomic E-state index is 0.231. The summed E-state index contributed by atoms with van der Waals surface area (Å²) in [6.45, 7) is 0.231. The average Bonchev–Trinajstić information content (AvgIpc) is 3.16. The minimum absolute atomic E-state index is 0.231. The largest absolute Gasteiger partial charge is 0.454 e. The van der Waals surface area contributed by atoms with Crippen molar-refractivity contribution < 1.29 is 14.0 Å². The molecule has 0 atom stereocenters. The summed E-state index contributed by atoms with van der Waals surface area (Å²) in [5.74, 6) is 2.25. The van der Waals surface area contributed by atoms with Gasteiger partial charge in [0.1, 0.15) is 0 Å². The predicted molar refractivity (Wildman–Crippen MR) is 75.7 cm³/mol. The van der Waals surface area contributed by atoms with Crippen LogP contribution in [0, 0.1) is 0 Å². The number of nitrogen functional groups attached to an aromatic ring is 1. The molecule has 4 rings (SSSR count). The van der Waals surface area contributed by atoms with E-state index in [2.05, 4.69) is 10.1 Å². The molecule has 0 unspecified atom stereocenters. The topological polar surface area (TPSA) is 83.4 Å². The lowest BCUT2D eigenvalue weighted by atomic mass is 10.1. The lowest BCUT2D eigenvalue weighted by molar-refractivity contribution is 0.174. The Labute approximate surface area is 120 Å². The summed E-state index contributed by atoms with van der Waals surface area (Å²) >= 11 is 0. The number of ether oxygens (including phenoxy) is 2. The van der Waals surface area contributed by atoms with Crippen molar-refractivity contribution in [3.63, 3.8) is 0 Å². The normalized spacial score (nSPS) is 12.6. The fourth-order valence-electron chi connectivity index (χ4n) is 2.18. The maximum atomic E-state index is 5.92. The van der Waals surface area contributed by atoms with Crippen molar-refractivity contribution in [3.8, 4) is 34.3 Å². The van der Waals surface area contributed by atoms with Gasteiger partial charge in [0.2, 0.25) is 12.6 Å². The second-order valence-corrected chi connectivity index (χ2v) is 4.58. The lowest BCUT2D eigenvalue weighted by Gasteiger charge is -1.98. The molecular weight excluding hydrogens is 270 g/mol. The van der Waals surface area contributed by atoms with Crippen molar-refractivity contribution in [3.05, 3.63) is 42.5 Å². The first-order chi connectivity index (χ1) is 10.3. The molecule has 1 aliphatic heterocycles. The third-order valence-electron chi connectivity index (χ3n) is 3.25. The second-order valence-electron chi connectivity index (χ2n) is 4.58. The number of benzene rings is 2. The number of nitrogens with zero attached hydrogens (tertiary/aromatic N) is 2. The van der Waals surface area contributed by atoms with E-state index in [1.54, 1.807) is 6.07 Å². The number of nitrogens with two attached hydrogens (primary N) is 1. The van der Waals surface area contributed by atoms with Gasteiger partial charge in [-0.05, 0) is 30.3 Å². The predicted octanol–water partition coefficient (Wildman–Crippen LogP) is 2.71. The van der Waals surface area contributed by atoms with Gasteiger partial charge in [-0.25, -0.2) is 0 Å². The van der Waals surface area contributed by atoms with Gasteiger partial charge >= 0.3 is 0 Å². The van der Waals surface area contributed by atoms with Gasteiger partial charge in [0.25, 0.3) is 5.89 Å². The molecule has 104 valence electrons. The Morgan fingerprint density at radius 2 is 1.86 bits per heavy atom. The zero-order valence-electron chi connectivity index (χ0n) is 10.9. The van der Waals surface area contributed by atoms with E-state index in [-0.39, 0.29) is 6.79 Å². The first-order valence-corrected chi connectivity index (χ1v) is 6.40. The highest BCUT2D eigenvalue weighted by atomic mass is 16.7. The Hall–Kier alpha value is -3.02. The van der Waals surface area contributed by atoms with Crippen LogP contribution in [-0.4, -0.2) is 16.9 Å². The number of hydrogen-bond donors (Lipinski definition) is 1. The van der Waals surface area contributed by atoms with Crippen molar-refractivity contribution >= 4 is 5.69 Å². The number of para-hydroxylation sites is 1. The van der Waals surface area contributed by atoms with Gasteiger partial charge in [-0.15, -0.1) is 0 Å². The molecule has 6 heteroatoms. The molecule has 0 spiro atoms. The summed E-state index contributed by atoms with van der Waals surface area (Å²) < 4.78 is 15.9. The highest BCUT2D eigenvalue weighted by Gasteiger charge is 2.17. The highest BCUT2D eigenvalue weighted by Crippen LogP contribution is 2.36. The van der Waals surface area contributed by atoms with E-state index >= 15 is 0 Å². The van der Waals surface area contributed by atoms with Gasteiger partial charge in [-0.3, -0.25) is 0 Å². The van der Waals surface area contributed by atoms with Crippen LogP contribution in [0.3, 0.4) is 0 Å². The standard InChI is InChI=1S/C15H11N3O3/c16-11-4-2-1-3-10(11)14-17-15(21-18-14)9-5-6-12-13(7-9)20-8-19-12/h1-7H,8,16H2. The van der Waals surface area contributed by atoms with Crippen molar-refractivity contribution in [2.24, 2.45) is 0 Å². The number of aromatic nitrogens is 2. The summed E-state index contributed by atoms with van der Waals surface area (Å²) in [6, 6.07) is 12.9. The van der Waals surface area contributed by atoms with E-state index in [1.165, 1.54) is 0 Å². The van der Waals surface area contributed by atoms with E-state index in [9.17, 15) is 0 Å². The Morgan fingerprint density at radius 3 is 2.76 bits per heavy atom. The number of fused-ring (bicyclic) bond motifs is 1. The monoisotopic (exact) mass is 281 g/mol. The van der Waals surface area contributed by atoms with Crippen molar-refractivity contribution in [1.82, 2.24) is 10.1 Å². The Balaban J connectivity index is 1.73.